The summed E-state index contributed by atoms with van der Waals surface area (Å²) >= 11 is 0. The van der Waals surface area contributed by atoms with Crippen LogP contribution in [0.3, 0.4) is 0 Å². The molecule has 3 rings (SSSR count). The highest BCUT2D eigenvalue weighted by atomic mass is 19.1. The maximum absolute atomic E-state index is 13.5. The number of hydrogen-bond donors (Lipinski definition) is 0. The van der Waals surface area contributed by atoms with Gasteiger partial charge in [0, 0.05) is 45.1 Å². The van der Waals surface area contributed by atoms with Crippen LogP contribution in [-0.4, -0.2) is 64.2 Å². The van der Waals surface area contributed by atoms with E-state index in [1.165, 1.54) is 6.07 Å². The summed E-state index contributed by atoms with van der Waals surface area (Å²) in [4.78, 5) is 32.8. The zero-order valence-corrected chi connectivity index (χ0v) is 20.1. The van der Waals surface area contributed by atoms with Crippen LogP contribution in [0.4, 0.5) is 9.18 Å². The Morgan fingerprint density at radius 3 is 2.79 bits per heavy atom. The molecule has 0 saturated carbocycles. The lowest BCUT2D eigenvalue weighted by atomic mass is 9.97. The Balaban J connectivity index is 1.50. The minimum atomic E-state index is -0.538. The number of carbonyl (C=O) groups is 2. The van der Waals surface area contributed by atoms with Crippen molar-refractivity contribution >= 4 is 12.0 Å². The van der Waals surface area contributed by atoms with Crippen molar-refractivity contribution in [1.29, 1.82) is 0 Å². The summed E-state index contributed by atoms with van der Waals surface area (Å²) in [5.41, 5.74) is 0.638. The van der Waals surface area contributed by atoms with Crippen LogP contribution in [0.5, 0.6) is 0 Å². The van der Waals surface area contributed by atoms with Crippen LogP contribution in [-0.2, 0) is 16.0 Å². The van der Waals surface area contributed by atoms with E-state index in [0.29, 0.717) is 48.9 Å². The fourth-order valence-electron chi connectivity index (χ4n) is 3.87. The van der Waals surface area contributed by atoms with Crippen LogP contribution in [0.25, 0.3) is 11.4 Å². The third-order valence-corrected chi connectivity index (χ3v) is 5.55. The quantitative estimate of drug-likeness (QED) is 0.641. The molecular formula is C24H33FN4O4. The number of amides is 2. The summed E-state index contributed by atoms with van der Waals surface area (Å²) in [6.45, 7) is 9.05. The molecule has 1 saturated heterocycles. The SMILES string of the molecule is Cc1cc(-c2noc(CCC(=O)N3CCCC(CN(C)C(=O)OC(C)(C)C)C3)n2)ccc1F. The van der Waals surface area contributed by atoms with E-state index in [0.717, 1.165) is 12.8 Å². The molecule has 180 valence electrons. The second kappa shape index (κ2) is 10.3. The second-order valence-corrected chi connectivity index (χ2v) is 9.68. The number of hydrogen-bond acceptors (Lipinski definition) is 6. The molecule has 1 aliphatic heterocycles. The van der Waals surface area contributed by atoms with Crippen LogP contribution >= 0.6 is 0 Å². The van der Waals surface area contributed by atoms with Crippen molar-refractivity contribution in [1.82, 2.24) is 19.9 Å². The molecule has 0 spiro atoms. The van der Waals surface area contributed by atoms with Crippen molar-refractivity contribution in [2.75, 3.05) is 26.7 Å². The zero-order valence-electron chi connectivity index (χ0n) is 20.1. The number of likely N-dealkylation sites (tertiary alicyclic amines) is 1. The Morgan fingerprint density at radius 1 is 1.33 bits per heavy atom. The van der Waals surface area contributed by atoms with Gasteiger partial charge >= 0.3 is 6.09 Å². The van der Waals surface area contributed by atoms with Gasteiger partial charge in [-0.15, -0.1) is 0 Å². The van der Waals surface area contributed by atoms with Gasteiger partial charge in [-0.05, 0) is 70.2 Å². The Bertz CT molecular complexity index is 985. The molecule has 1 atom stereocenters. The minimum absolute atomic E-state index is 0.0250. The van der Waals surface area contributed by atoms with E-state index in [1.54, 1.807) is 31.0 Å². The molecule has 2 aromatic rings. The highest BCUT2D eigenvalue weighted by Crippen LogP contribution is 2.21. The first-order chi connectivity index (χ1) is 15.5. The first-order valence-corrected chi connectivity index (χ1v) is 11.3. The number of benzene rings is 1. The van der Waals surface area contributed by atoms with Gasteiger partial charge in [-0.2, -0.15) is 4.98 Å². The average molecular weight is 461 g/mol. The first kappa shape index (κ1) is 24.7. The number of rotatable bonds is 6. The molecule has 9 heteroatoms. The van der Waals surface area contributed by atoms with E-state index in [1.807, 2.05) is 25.7 Å². The lowest BCUT2D eigenvalue weighted by molar-refractivity contribution is -0.133. The van der Waals surface area contributed by atoms with Crippen LogP contribution in [0, 0.1) is 18.7 Å². The molecule has 1 unspecified atom stereocenters. The Morgan fingerprint density at radius 2 is 2.09 bits per heavy atom. The molecule has 1 aromatic carbocycles. The molecule has 0 N–H and O–H groups in total. The second-order valence-electron chi connectivity index (χ2n) is 9.68. The first-order valence-electron chi connectivity index (χ1n) is 11.3. The van der Waals surface area contributed by atoms with E-state index < -0.39 is 5.60 Å². The molecule has 2 amide bonds. The normalized spacial score (nSPS) is 16.5. The Hall–Kier alpha value is -2.97. The van der Waals surface area contributed by atoms with E-state index in [2.05, 4.69) is 10.1 Å². The van der Waals surface area contributed by atoms with Crippen LogP contribution < -0.4 is 0 Å². The Kier molecular flexibility index (Phi) is 7.71. The number of aryl methyl sites for hydroxylation is 2. The number of aromatic nitrogens is 2. The van der Waals surface area contributed by atoms with Gasteiger partial charge in [0.2, 0.25) is 17.6 Å². The van der Waals surface area contributed by atoms with E-state index in [9.17, 15) is 14.0 Å². The lowest BCUT2D eigenvalue weighted by Gasteiger charge is -2.35. The molecule has 0 bridgehead atoms. The molecular weight excluding hydrogens is 427 g/mol. The van der Waals surface area contributed by atoms with Gasteiger partial charge in [0.25, 0.3) is 0 Å². The van der Waals surface area contributed by atoms with Gasteiger partial charge in [0.05, 0.1) is 0 Å². The van der Waals surface area contributed by atoms with Crippen LogP contribution in [0.1, 0.15) is 51.5 Å². The third kappa shape index (κ3) is 7.00. The number of halogens is 1. The predicted molar refractivity (Wildman–Crippen MR) is 121 cm³/mol. The van der Waals surface area contributed by atoms with Crippen molar-refractivity contribution in [3.8, 4) is 11.4 Å². The number of ether oxygens (including phenoxy) is 1. The summed E-state index contributed by atoms with van der Waals surface area (Å²) in [5.74, 6) is 0.696. The van der Waals surface area contributed by atoms with Gasteiger partial charge < -0.3 is 19.1 Å². The van der Waals surface area contributed by atoms with Crippen molar-refractivity contribution in [2.24, 2.45) is 5.92 Å². The third-order valence-electron chi connectivity index (χ3n) is 5.55. The number of nitrogens with zero attached hydrogens (tertiary/aromatic N) is 4. The van der Waals surface area contributed by atoms with E-state index >= 15 is 0 Å². The molecule has 8 nitrogen and oxygen atoms in total. The molecule has 33 heavy (non-hydrogen) atoms. The summed E-state index contributed by atoms with van der Waals surface area (Å²) in [6, 6.07) is 4.64. The highest BCUT2D eigenvalue weighted by Gasteiger charge is 2.27. The van der Waals surface area contributed by atoms with Gasteiger partial charge in [-0.3, -0.25) is 4.79 Å². The van der Waals surface area contributed by atoms with Crippen molar-refractivity contribution in [3.63, 3.8) is 0 Å². The summed E-state index contributed by atoms with van der Waals surface area (Å²) in [5, 5.41) is 3.95. The Labute approximate surface area is 194 Å². The standard InChI is InChI=1S/C24H33FN4O4/c1-16-13-18(8-9-19(16)25)22-26-20(33-27-22)10-11-21(30)29-12-6-7-17(15-29)14-28(5)23(31)32-24(2,3)4/h8-9,13,17H,6-7,10-12,14-15H2,1-5H3. The van der Waals surface area contributed by atoms with Gasteiger partial charge in [0.1, 0.15) is 11.4 Å². The summed E-state index contributed by atoms with van der Waals surface area (Å²) < 4.78 is 24.2. The maximum Gasteiger partial charge on any atom is 0.410 e. The highest BCUT2D eigenvalue weighted by molar-refractivity contribution is 5.76. The fourth-order valence-corrected chi connectivity index (χ4v) is 3.87. The largest absolute Gasteiger partial charge is 0.444 e. The monoisotopic (exact) mass is 460 g/mol. The molecule has 1 aliphatic rings. The predicted octanol–water partition coefficient (Wildman–Crippen LogP) is 4.22. The van der Waals surface area contributed by atoms with Gasteiger partial charge in [-0.1, -0.05) is 5.16 Å². The van der Waals surface area contributed by atoms with Crippen LogP contribution in [0.15, 0.2) is 22.7 Å². The number of carbonyl (C=O) groups excluding carboxylic acids is 2. The van der Waals surface area contributed by atoms with E-state index in [-0.39, 0.29) is 30.2 Å². The smallest absolute Gasteiger partial charge is 0.410 e. The maximum atomic E-state index is 13.5. The lowest BCUT2D eigenvalue weighted by Crippen LogP contribution is -2.45. The fraction of sp³-hybridized carbons (Fsp3) is 0.583. The van der Waals surface area contributed by atoms with Gasteiger partial charge in [0.15, 0.2) is 0 Å². The average Bonchev–Trinajstić information content (AvgIpc) is 3.22. The van der Waals surface area contributed by atoms with E-state index in [4.69, 9.17) is 9.26 Å². The summed E-state index contributed by atoms with van der Waals surface area (Å²) in [7, 11) is 1.73. The molecule has 2 heterocycles. The van der Waals surface area contributed by atoms with Gasteiger partial charge in [-0.25, -0.2) is 9.18 Å². The van der Waals surface area contributed by atoms with Crippen molar-refractivity contribution in [2.45, 2.75) is 59.0 Å². The molecule has 0 aliphatic carbocycles. The number of piperidine rings is 1. The molecule has 1 aromatic heterocycles. The minimum Gasteiger partial charge on any atom is -0.444 e. The van der Waals surface area contributed by atoms with Crippen LogP contribution in [0.2, 0.25) is 0 Å². The summed E-state index contributed by atoms with van der Waals surface area (Å²) in [6.07, 6.45) is 2.10. The molecule has 0 radical (unpaired) electrons. The zero-order chi connectivity index (χ0) is 24.2. The topological polar surface area (TPSA) is 88.8 Å². The van der Waals surface area contributed by atoms with Crippen molar-refractivity contribution in [3.05, 3.63) is 35.5 Å². The van der Waals surface area contributed by atoms with Crippen molar-refractivity contribution < 1.29 is 23.2 Å². The molecule has 1 fully saturated rings.